The Morgan fingerprint density at radius 3 is 3.00 bits per heavy atom. The average molecular weight is 327 g/mol. The number of hydrogen-bond donors (Lipinski definition) is 2. The average Bonchev–Trinajstić information content (AvgIpc) is 2.84. The van der Waals surface area contributed by atoms with Crippen LogP contribution < -0.4 is 5.32 Å². The molecule has 0 amide bonds. The van der Waals surface area contributed by atoms with E-state index < -0.39 is 5.97 Å². The van der Waals surface area contributed by atoms with E-state index in [1.165, 1.54) is 19.4 Å². The number of nitrogens with zero attached hydrogens (tertiary/aromatic N) is 1. The van der Waals surface area contributed by atoms with Gasteiger partial charge in [-0.05, 0) is 60.1 Å². The van der Waals surface area contributed by atoms with Crippen molar-refractivity contribution in [2.75, 3.05) is 25.0 Å². The Hall–Kier alpha value is -1.07. The van der Waals surface area contributed by atoms with Crippen molar-refractivity contribution in [2.24, 2.45) is 0 Å². The second kappa shape index (κ2) is 6.39. The molecule has 1 unspecified atom stereocenters. The van der Waals surface area contributed by atoms with Crippen molar-refractivity contribution in [3.05, 3.63) is 28.2 Å². The number of likely N-dealkylation sites (N-methyl/N-ethyl adjacent to an activating group) is 1. The lowest BCUT2D eigenvalue weighted by molar-refractivity contribution is 0.0697. The highest BCUT2D eigenvalue weighted by Gasteiger charge is 2.22. The Kier molecular flexibility index (Phi) is 4.82. The molecule has 5 heteroatoms. The molecule has 0 aliphatic carbocycles. The number of halogens is 1. The predicted molar refractivity (Wildman–Crippen MR) is 79.9 cm³/mol. The molecule has 1 aliphatic heterocycles. The molecule has 1 saturated heterocycles. The van der Waals surface area contributed by atoms with E-state index in [0.29, 0.717) is 11.6 Å². The highest BCUT2D eigenvalue weighted by molar-refractivity contribution is 9.10. The summed E-state index contributed by atoms with van der Waals surface area (Å²) in [6, 6.07) is 5.66. The third kappa shape index (κ3) is 3.48. The fourth-order valence-electron chi connectivity index (χ4n) is 2.56. The first-order chi connectivity index (χ1) is 9.11. The number of anilines is 1. The van der Waals surface area contributed by atoms with Gasteiger partial charge in [-0.1, -0.05) is 6.92 Å². The van der Waals surface area contributed by atoms with Crippen LogP contribution in [0, 0.1) is 0 Å². The third-order valence-electron chi connectivity index (χ3n) is 3.65. The van der Waals surface area contributed by atoms with Crippen molar-refractivity contribution in [1.29, 1.82) is 0 Å². The number of carboxylic acid groups (broad SMARTS) is 1. The quantitative estimate of drug-likeness (QED) is 0.873. The highest BCUT2D eigenvalue weighted by Crippen LogP contribution is 2.25. The van der Waals surface area contributed by atoms with Crippen LogP contribution in [0.25, 0.3) is 0 Å². The number of nitrogens with one attached hydrogen (secondary N) is 1. The molecule has 19 heavy (non-hydrogen) atoms. The fourth-order valence-corrected chi connectivity index (χ4v) is 3.08. The Bertz CT molecular complexity index is 465. The molecule has 1 fully saturated rings. The first-order valence-electron chi connectivity index (χ1n) is 6.62. The van der Waals surface area contributed by atoms with Crippen molar-refractivity contribution >= 4 is 27.6 Å². The van der Waals surface area contributed by atoms with Crippen molar-refractivity contribution in [3.8, 4) is 0 Å². The maximum Gasteiger partial charge on any atom is 0.335 e. The number of hydrogen-bond acceptors (Lipinski definition) is 3. The van der Waals surface area contributed by atoms with E-state index in [-0.39, 0.29) is 0 Å². The van der Waals surface area contributed by atoms with Gasteiger partial charge in [-0.3, -0.25) is 4.90 Å². The lowest BCUT2D eigenvalue weighted by atomic mass is 10.2. The molecule has 0 bridgehead atoms. The van der Waals surface area contributed by atoms with Crippen LogP contribution >= 0.6 is 15.9 Å². The summed E-state index contributed by atoms with van der Waals surface area (Å²) >= 11 is 3.42. The largest absolute Gasteiger partial charge is 0.478 e. The van der Waals surface area contributed by atoms with Crippen LogP contribution in [0.3, 0.4) is 0 Å². The number of carbonyl (C=O) groups is 1. The lowest BCUT2D eigenvalue weighted by Gasteiger charge is -2.23. The third-order valence-corrected chi connectivity index (χ3v) is 4.31. The molecule has 0 spiro atoms. The maximum atomic E-state index is 10.9. The maximum absolute atomic E-state index is 10.9. The monoisotopic (exact) mass is 326 g/mol. The van der Waals surface area contributed by atoms with Gasteiger partial charge in [-0.15, -0.1) is 0 Å². The van der Waals surface area contributed by atoms with Crippen LogP contribution in [0.15, 0.2) is 22.7 Å². The molecule has 1 aromatic rings. The normalized spacial score (nSPS) is 19.6. The fraction of sp³-hybridized carbons (Fsp3) is 0.500. The van der Waals surface area contributed by atoms with E-state index in [2.05, 4.69) is 33.1 Å². The Morgan fingerprint density at radius 1 is 1.58 bits per heavy atom. The van der Waals surface area contributed by atoms with Gasteiger partial charge < -0.3 is 10.4 Å². The number of benzene rings is 1. The first kappa shape index (κ1) is 14.3. The van der Waals surface area contributed by atoms with Gasteiger partial charge in [0, 0.05) is 22.7 Å². The second-order valence-electron chi connectivity index (χ2n) is 4.81. The van der Waals surface area contributed by atoms with Crippen molar-refractivity contribution in [3.63, 3.8) is 0 Å². The Labute approximate surface area is 121 Å². The summed E-state index contributed by atoms with van der Waals surface area (Å²) < 4.78 is 0.799. The Balaban J connectivity index is 1.98. The molecule has 4 nitrogen and oxygen atoms in total. The summed E-state index contributed by atoms with van der Waals surface area (Å²) in [4.78, 5) is 13.3. The molecular formula is C14H19BrN2O2. The van der Waals surface area contributed by atoms with Gasteiger partial charge in [-0.25, -0.2) is 4.79 Å². The van der Waals surface area contributed by atoms with Gasteiger partial charge in [0.1, 0.15) is 0 Å². The SMILES string of the molecule is CCN1CCCC1CNc1ccc(C(=O)O)cc1Br. The topological polar surface area (TPSA) is 52.6 Å². The molecule has 1 aromatic carbocycles. The van der Waals surface area contributed by atoms with E-state index in [4.69, 9.17) is 5.11 Å². The molecule has 104 valence electrons. The van der Waals surface area contributed by atoms with Crippen LogP contribution in [-0.4, -0.2) is 41.7 Å². The van der Waals surface area contributed by atoms with Crippen LogP contribution in [0.2, 0.25) is 0 Å². The summed E-state index contributed by atoms with van der Waals surface area (Å²) in [5.74, 6) is -0.903. The second-order valence-corrected chi connectivity index (χ2v) is 5.66. The minimum absolute atomic E-state index is 0.300. The van der Waals surface area contributed by atoms with Gasteiger partial charge in [-0.2, -0.15) is 0 Å². The number of likely N-dealkylation sites (tertiary alicyclic amines) is 1. The van der Waals surface area contributed by atoms with Crippen molar-refractivity contribution in [2.45, 2.75) is 25.8 Å². The van der Waals surface area contributed by atoms with Crippen LogP contribution in [0.5, 0.6) is 0 Å². The summed E-state index contributed by atoms with van der Waals surface area (Å²) in [6.07, 6.45) is 2.49. The number of carboxylic acids is 1. The van der Waals surface area contributed by atoms with Gasteiger partial charge in [0.2, 0.25) is 0 Å². The zero-order valence-electron chi connectivity index (χ0n) is 11.0. The molecule has 1 aliphatic rings. The molecule has 1 atom stereocenters. The zero-order valence-corrected chi connectivity index (χ0v) is 12.6. The van der Waals surface area contributed by atoms with Gasteiger partial charge in [0.15, 0.2) is 0 Å². The minimum atomic E-state index is -0.903. The van der Waals surface area contributed by atoms with E-state index in [1.807, 2.05) is 6.07 Å². The Morgan fingerprint density at radius 2 is 2.37 bits per heavy atom. The van der Waals surface area contributed by atoms with Crippen LogP contribution in [0.4, 0.5) is 5.69 Å². The van der Waals surface area contributed by atoms with Gasteiger partial charge in [0.05, 0.1) is 5.56 Å². The molecule has 2 N–H and O–H groups in total. The summed E-state index contributed by atoms with van der Waals surface area (Å²) in [6.45, 7) is 5.36. The first-order valence-corrected chi connectivity index (χ1v) is 7.42. The highest BCUT2D eigenvalue weighted by atomic mass is 79.9. The molecule has 0 aromatic heterocycles. The smallest absolute Gasteiger partial charge is 0.335 e. The minimum Gasteiger partial charge on any atom is -0.478 e. The van der Waals surface area contributed by atoms with E-state index >= 15 is 0 Å². The molecule has 2 rings (SSSR count). The lowest BCUT2D eigenvalue weighted by Crippen LogP contribution is -2.34. The number of aromatic carboxylic acids is 1. The van der Waals surface area contributed by atoms with E-state index in [0.717, 1.165) is 23.2 Å². The summed E-state index contributed by atoms with van der Waals surface area (Å²) in [5, 5.41) is 12.3. The zero-order chi connectivity index (χ0) is 13.8. The van der Waals surface area contributed by atoms with E-state index in [9.17, 15) is 4.79 Å². The van der Waals surface area contributed by atoms with Crippen LogP contribution in [-0.2, 0) is 0 Å². The van der Waals surface area contributed by atoms with Gasteiger partial charge in [0.25, 0.3) is 0 Å². The molecule has 1 heterocycles. The summed E-state index contributed by atoms with van der Waals surface area (Å²) in [5.41, 5.74) is 1.25. The number of rotatable bonds is 5. The van der Waals surface area contributed by atoms with Crippen molar-refractivity contribution in [1.82, 2.24) is 4.90 Å². The molecule has 0 radical (unpaired) electrons. The predicted octanol–water partition coefficient (Wildman–Crippen LogP) is 3.04. The van der Waals surface area contributed by atoms with Crippen molar-refractivity contribution < 1.29 is 9.90 Å². The van der Waals surface area contributed by atoms with Crippen LogP contribution in [0.1, 0.15) is 30.1 Å². The molecular weight excluding hydrogens is 308 g/mol. The molecule has 0 saturated carbocycles. The van der Waals surface area contributed by atoms with E-state index in [1.54, 1.807) is 12.1 Å². The van der Waals surface area contributed by atoms with Gasteiger partial charge >= 0.3 is 5.97 Å². The standard InChI is InChI=1S/C14H19BrN2O2/c1-2-17-7-3-4-11(17)9-16-13-6-5-10(14(18)19)8-12(13)15/h5-6,8,11,16H,2-4,7,9H2,1H3,(H,18,19). The summed E-state index contributed by atoms with van der Waals surface area (Å²) in [7, 11) is 0.